The number of carbonyl (C=O) groups is 2. The molecule has 0 saturated carbocycles. The zero-order chi connectivity index (χ0) is 16.7. The molecule has 0 spiro atoms. The van der Waals surface area contributed by atoms with E-state index in [4.69, 9.17) is 10.5 Å². The van der Waals surface area contributed by atoms with Gasteiger partial charge in [-0.2, -0.15) is 0 Å². The molecule has 0 heterocycles. The molecule has 23 heavy (non-hydrogen) atoms. The van der Waals surface area contributed by atoms with Crippen LogP contribution in [0.25, 0.3) is 0 Å². The number of carbonyl (C=O) groups excluding carboxylic acids is 2. The minimum Gasteiger partial charge on any atom is -0.492 e. The van der Waals surface area contributed by atoms with Gasteiger partial charge in [-0.3, -0.25) is 9.59 Å². The lowest BCUT2D eigenvalue weighted by Crippen LogP contribution is -2.22. The largest absolute Gasteiger partial charge is 0.492 e. The molecule has 6 nitrogen and oxygen atoms in total. The van der Waals surface area contributed by atoms with Gasteiger partial charge in [-0.1, -0.05) is 0 Å². The van der Waals surface area contributed by atoms with E-state index in [1.54, 1.807) is 32.3 Å². The smallest absolute Gasteiger partial charge is 0.253 e. The third-order valence-electron chi connectivity index (χ3n) is 3.03. The molecule has 2 amide bonds. The summed E-state index contributed by atoms with van der Waals surface area (Å²) in [7, 11) is 3.36. The van der Waals surface area contributed by atoms with Crippen molar-refractivity contribution < 1.29 is 14.3 Å². The lowest BCUT2D eigenvalue weighted by atomic mass is 10.1. The van der Waals surface area contributed by atoms with Gasteiger partial charge in [0.15, 0.2) is 0 Å². The Bertz CT molecular complexity index is 533. The molecule has 0 fully saturated rings. The maximum absolute atomic E-state index is 12.0. The van der Waals surface area contributed by atoms with Gasteiger partial charge in [0.05, 0.1) is 12.3 Å². The van der Waals surface area contributed by atoms with Gasteiger partial charge in [0, 0.05) is 32.1 Å². The van der Waals surface area contributed by atoms with Crippen molar-refractivity contribution in [3.05, 3.63) is 23.8 Å². The highest BCUT2D eigenvalue weighted by molar-refractivity contribution is 5.98. The third kappa shape index (κ3) is 6.88. The quantitative estimate of drug-likeness (QED) is 0.795. The van der Waals surface area contributed by atoms with Crippen LogP contribution in [-0.2, 0) is 4.79 Å². The molecule has 1 unspecified atom stereocenters. The molecular formula is C16H26ClN3O3. The fourth-order valence-corrected chi connectivity index (χ4v) is 1.87. The summed E-state index contributed by atoms with van der Waals surface area (Å²) in [6.07, 6.45) is 0.932. The number of halogens is 1. The Labute approximate surface area is 143 Å². The van der Waals surface area contributed by atoms with Gasteiger partial charge in [0.2, 0.25) is 5.91 Å². The van der Waals surface area contributed by atoms with Gasteiger partial charge in [0.1, 0.15) is 5.75 Å². The van der Waals surface area contributed by atoms with E-state index < -0.39 is 0 Å². The summed E-state index contributed by atoms with van der Waals surface area (Å²) >= 11 is 0. The number of rotatable bonds is 7. The molecule has 0 bridgehead atoms. The van der Waals surface area contributed by atoms with Crippen LogP contribution in [0.1, 0.15) is 37.0 Å². The molecule has 0 radical (unpaired) electrons. The Kier molecular flexibility index (Phi) is 9.29. The van der Waals surface area contributed by atoms with Crippen LogP contribution in [-0.4, -0.2) is 43.5 Å². The van der Waals surface area contributed by atoms with Gasteiger partial charge in [-0.15, -0.1) is 12.4 Å². The van der Waals surface area contributed by atoms with E-state index in [1.807, 2.05) is 13.8 Å². The Morgan fingerprint density at radius 2 is 2.00 bits per heavy atom. The number of amides is 2. The van der Waals surface area contributed by atoms with Crippen molar-refractivity contribution >= 4 is 29.9 Å². The molecule has 0 aromatic heterocycles. The van der Waals surface area contributed by atoms with Crippen molar-refractivity contribution in [1.29, 1.82) is 0 Å². The number of hydrogen-bond acceptors (Lipinski definition) is 4. The van der Waals surface area contributed by atoms with Crippen LogP contribution in [0.2, 0.25) is 0 Å². The fourth-order valence-electron chi connectivity index (χ4n) is 1.87. The van der Waals surface area contributed by atoms with E-state index in [0.717, 1.165) is 0 Å². The van der Waals surface area contributed by atoms with Crippen molar-refractivity contribution in [2.24, 2.45) is 5.73 Å². The van der Waals surface area contributed by atoms with Gasteiger partial charge in [0.25, 0.3) is 5.91 Å². The zero-order valence-electron chi connectivity index (χ0n) is 14.1. The first-order valence-electron chi connectivity index (χ1n) is 7.39. The maximum atomic E-state index is 12.0. The first kappa shape index (κ1) is 21.2. The van der Waals surface area contributed by atoms with Crippen molar-refractivity contribution in [1.82, 2.24) is 4.90 Å². The van der Waals surface area contributed by atoms with Crippen LogP contribution in [0.15, 0.2) is 18.2 Å². The topological polar surface area (TPSA) is 84.7 Å². The van der Waals surface area contributed by atoms with Crippen molar-refractivity contribution in [3.63, 3.8) is 0 Å². The molecule has 0 saturated heterocycles. The summed E-state index contributed by atoms with van der Waals surface area (Å²) in [5, 5.41) is 2.79. The highest BCUT2D eigenvalue weighted by Gasteiger charge is 2.14. The molecule has 7 heteroatoms. The predicted octanol–water partition coefficient (Wildman–Crippen LogP) is 2.27. The fraction of sp³-hybridized carbons (Fsp3) is 0.500. The minimum atomic E-state index is -0.146. The standard InChI is InChI=1S/C16H25N3O3.ClH/c1-5-22-14-8-7-12(16(21)19(3)4)10-13(14)18-15(20)9-6-11(2)17;/h7-8,10-11H,5-6,9,17H2,1-4H3,(H,18,20);1H. The lowest BCUT2D eigenvalue weighted by Gasteiger charge is -2.15. The Morgan fingerprint density at radius 1 is 1.35 bits per heavy atom. The van der Waals surface area contributed by atoms with Crippen LogP contribution < -0.4 is 15.8 Å². The van der Waals surface area contributed by atoms with Crippen molar-refractivity contribution in [2.75, 3.05) is 26.0 Å². The first-order valence-corrected chi connectivity index (χ1v) is 7.39. The van der Waals surface area contributed by atoms with Crippen LogP contribution >= 0.6 is 12.4 Å². The normalized spacial score (nSPS) is 11.2. The highest BCUT2D eigenvalue weighted by Crippen LogP contribution is 2.26. The van der Waals surface area contributed by atoms with Gasteiger partial charge < -0.3 is 20.7 Å². The van der Waals surface area contributed by atoms with Crippen molar-refractivity contribution in [3.8, 4) is 5.75 Å². The average molecular weight is 344 g/mol. The summed E-state index contributed by atoms with van der Waals surface area (Å²) in [6.45, 7) is 4.19. The SMILES string of the molecule is CCOc1ccc(C(=O)N(C)C)cc1NC(=O)CCC(C)N.Cl. The number of benzene rings is 1. The summed E-state index contributed by atoms with van der Waals surface area (Å²) in [5.74, 6) is 0.272. The second-order valence-corrected chi connectivity index (χ2v) is 5.41. The number of nitrogens with two attached hydrogens (primary N) is 1. The summed E-state index contributed by atoms with van der Waals surface area (Å²) in [4.78, 5) is 25.5. The number of nitrogens with one attached hydrogen (secondary N) is 1. The number of hydrogen-bond donors (Lipinski definition) is 2. The third-order valence-corrected chi connectivity index (χ3v) is 3.03. The average Bonchev–Trinajstić information content (AvgIpc) is 2.46. The molecule has 0 aliphatic carbocycles. The lowest BCUT2D eigenvalue weighted by molar-refractivity contribution is -0.116. The molecule has 1 aromatic carbocycles. The zero-order valence-corrected chi connectivity index (χ0v) is 14.9. The second kappa shape index (κ2) is 10.1. The molecule has 0 aliphatic heterocycles. The van der Waals surface area contributed by atoms with E-state index in [2.05, 4.69) is 5.32 Å². The van der Waals surface area contributed by atoms with Crippen LogP contribution in [0.4, 0.5) is 5.69 Å². The van der Waals surface area contributed by atoms with E-state index >= 15 is 0 Å². The van der Waals surface area contributed by atoms with Gasteiger partial charge in [-0.25, -0.2) is 0 Å². The van der Waals surface area contributed by atoms with Gasteiger partial charge >= 0.3 is 0 Å². The predicted molar refractivity (Wildman–Crippen MR) is 94.4 cm³/mol. The Hall–Kier alpha value is -1.79. The molecule has 130 valence electrons. The molecule has 1 atom stereocenters. The number of ether oxygens (including phenoxy) is 1. The Morgan fingerprint density at radius 3 is 2.52 bits per heavy atom. The monoisotopic (exact) mass is 343 g/mol. The first-order chi connectivity index (χ1) is 10.3. The minimum absolute atomic E-state index is 0. The summed E-state index contributed by atoms with van der Waals surface area (Å²) in [6, 6.07) is 4.99. The van der Waals surface area contributed by atoms with E-state index in [9.17, 15) is 9.59 Å². The summed E-state index contributed by atoms with van der Waals surface area (Å²) < 4.78 is 5.49. The van der Waals surface area contributed by atoms with E-state index in [-0.39, 0.29) is 30.3 Å². The number of nitrogens with zero attached hydrogens (tertiary/aromatic N) is 1. The molecule has 1 aromatic rings. The molecular weight excluding hydrogens is 318 g/mol. The molecule has 1 rings (SSSR count). The van der Waals surface area contributed by atoms with E-state index in [0.29, 0.717) is 36.4 Å². The summed E-state index contributed by atoms with van der Waals surface area (Å²) in [5.41, 5.74) is 6.65. The van der Waals surface area contributed by atoms with Crippen LogP contribution in [0.3, 0.4) is 0 Å². The van der Waals surface area contributed by atoms with E-state index in [1.165, 1.54) is 4.90 Å². The van der Waals surface area contributed by atoms with Crippen molar-refractivity contribution in [2.45, 2.75) is 32.7 Å². The van der Waals surface area contributed by atoms with Crippen LogP contribution in [0, 0.1) is 0 Å². The highest BCUT2D eigenvalue weighted by atomic mass is 35.5. The van der Waals surface area contributed by atoms with Crippen LogP contribution in [0.5, 0.6) is 5.75 Å². The molecule has 3 N–H and O–H groups in total. The number of anilines is 1. The Balaban J connectivity index is 0.00000484. The van der Waals surface area contributed by atoms with Gasteiger partial charge in [-0.05, 0) is 38.5 Å². The maximum Gasteiger partial charge on any atom is 0.253 e. The molecule has 0 aliphatic rings. The second-order valence-electron chi connectivity index (χ2n) is 5.41.